The number of benzene rings is 2. The fraction of sp³-hybridized carbons (Fsp3) is 0.235. The zero-order valence-corrected chi connectivity index (χ0v) is 16.2. The Morgan fingerprint density at radius 1 is 1.19 bits per heavy atom. The molecule has 2 aromatic carbocycles. The van der Waals surface area contributed by atoms with Crippen LogP contribution in [0.2, 0.25) is 5.02 Å². The third-order valence-electron chi connectivity index (χ3n) is 3.73. The van der Waals surface area contributed by atoms with Crippen LogP contribution in [0.25, 0.3) is 0 Å². The summed E-state index contributed by atoms with van der Waals surface area (Å²) in [5.41, 5.74) is 0.212. The highest BCUT2D eigenvalue weighted by molar-refractivity contribution is 7.99. The molecule has 144 valence electrons. The van der Waals surface area contributed by atoms with Crippen molar-refractivity contribution in [3.63, 3.8) is 0 Å². The quantitative estimate of drug-likeness (QED) is 0.638. The number of nitrogens with one attached hydrogen (secondary N) is 2. The van der Waals surface area contributed by atoms with Crippen LogP contribution in [0, 0.1) is 0 Å². The van der Waals surface area contributed by atoms with Crippen molar-refractivity contribution in [2.75, 3.05) is 5.32 Å². The largest absolute Gasteiger partial charge is 0.321 e. The van der Waals surface area contributed by atoms with E-state index in [-0.39, 0.29) is 43.9 Å². The number of anilines is 1. The van der Waals surface area contributed by atoms with Gasteiger partial charge >= 0.3 is 0 Å². The molecule has 10 heteroatoms. The van der Waals surface area contributed by atoms with Gasteiger partial charge in [0.15, 0.2) is 0 Å². The van der Waals surface area contributed by atoms with Crippen molar-refractivity contribution >= 4 is 45.0 Å². The number of carbonyl (C=O) groups is 1. The van der Waals surface area contributed by atoms with E-state index in [1.807, 2.05) is 0 Å². The number of amides is 1. The predicted octanol–water partition coefficient (Wildman–Crippen LogP) is 4.35. The SMILES string of the molecule is O=C(Nc1cccc(Cl)c1SC(F)F)c1cccc(S(=O)(=O)NC2CC2)c1. The van der Waals surface area contributed by atoms with Gasteiger partial charge in [-0.25, -0.2) is 13.1 Å². The first-order chi connectivity index (χ1) is 12.8. The van der Waals surface area contributed by atoms with Gasteiger partial charge in [-0.05, 0) is 43.2 Å². The molecule has 0 atom stereocenters. The topological polar surface area (TPSA) is 75.3 Å². The number of rotatable bonds is 7. The average Bonchev–Trinajstić information content (AvgIpc) is 3.41. The highest BCUT2D eigenvalue weighted by Gasteiger charge is 2.28. The van der Waals surface area contributed by atoms with Crippen molar-refractivity contribution in [1.82, 2.24) is 4.72 Å². The van der Waals surface area contributed by atoms with Gasteiger partial charge in [0.25, 0.3) is 11.7 Å². The molecule has 3 rings (SSSR count). The summed E-state index contributed by atoms with van der Waals surface area (Å²) in [7, 11) is -3.71. The molecule has 1 saturated carbocycles. The van der Waals surface area contributed by atoms with Gasteiger partial charge in [-0.3, -0.25) is 4.79 Å². The second-order valence-electron chi connectivity index (χ2n) is 5.87. The van der Waals surface area contributed by atoms with Gasteiger partial charge in [-0.1, -0.05) is 35.5 Å². The van der Waals surface area contributed by atoms with Crippen LogP contribution in [0.1, 0.15) is 23.2 Å². The second-order valence-corrected chi connectivity index (χ2v) is 8.99. The van der Waals surface area contributed by atoms with Gasteiger partial charge in [-0.15, -0.1) is 0 Å². The molecule has 0 saturated heterocycles. The van der Waals surface area contributed by atoms with Crippen molar-refractivity contribution in [3.05, 3.63) is 53.1 Å². The number of hydrogen-bond acceptors (Lipinski definition) is 4. The summed E-state index contributed by atoms with van der Waals surface area (Å²) in [4.78, 5) is 12.5. The molecule has 0 aliphatic heterocycles. The molecule has 0 bridgehead atoms. The smallest absolute Gasteiger partial charge is 0.289 e. The molecule has 2 N–H and O–H groups in total. The number of alkyl halides is 2. The van der Waals surface area contributed by atoms with Gasteiger partial charge in [0.05, 0.1) is 20.5 Å². The van der Waals surface area contributed by atoms with Crippen molar-refractivity contribution in [2.45, 2.75) is 34.4 Å². The molecular weight excluding hydrogens is 418 g/mol. The van der Waals surface area contributed by atoms with E-state index in [4.69, 9.17) is 11.6 Å². The Kier molecular flexibility index (Phi) is 6.05. The Labute approximate surface area is 164 Å². The van der Waals surface area contributed by atoms with Crippen molar-refractivity contribution in [1.29, 1.82) is 0 Å². The molecule has 0 spiro atoms. The molecule has 0 heterocycles. The first-order valence-electron chi connectivity index (χ1n) is 7.93. The molecule has 27 heavy (non-hydrogen) atoms. The normalized spacial score (nSPS) is 14.4. The Morgan fingerprint density at radius 2 is 1.89 bits per heavy atom. The molecule has 1 fully saturated rings. The maximum Gasteiger partial charge on any atom is 0.289 e. The first-order valence-corrected chi connectivity index (χ1v) is 10.7. The van der Waals surface area contributed by atoms with E-state index in [1.54, 1.807) is 0 Å². The van der Waals surface area contributed by atoms with E-state index in [2.05, 4.69) is 10.0 Å². The Bertz CT molecular complexity index is 966. The Hall–Kier alpha value is -1.68. The summed E-state index contributed by atoms with van der Waals surface area (Å²) < 4.78 is 52.6. The molecule has 5 nitrogen and oxygen atoms in total. The highest BCUT2D eigenvalue weighted by atomic mass is 35.5. The molecule has 0 aromatic heterocycles. The third kappa shape index (κ3) is 5.19. The van der Waals surface area contributed by atoms with Crippen LogP contribution in [0.5, 0.6) is 0 Å². The van der Waals surface area contributed by atoms with Gasteiger partial charge in [0.2, 0.25) is 10.0 Å². The minimum Gasteiger partial charge on any atom is -0.321 e. The van der Waals surface area contributed by atoms with Gasteiger partial charge in [0, 0.05) is 11.6 Å². The van der Waals surface area contributed by atoms with E-state index in [9.17, 15) is 22.0 Å². The number of halogens is 3. The summed E-state index contributed by atoms with van der Waals surface area (Å²) in [5.74, 6) is -3.33. The van der Waals surface area contributed by atoms with Gasteiger partial charge < -0.3 is 5.32 Å². The van der Waals surface area contributed by atoms with E-state index < -0.39 is 21.7 Å². The lowest BCUT2D eigenvalue weighted by Gasteiger charge is -2.12. The minimum atomic E-state index is -3.71. The lowest BCUT2D eigenvalue weighted by Crippen LogP contribution is -2.26. The van der Waals surface area contributed by atoms with Crippen LogP contribution in [0.4, 0.5) is 14.5 Å². The lowest BCUT2D eigenvalue weighted by atomic mass is 10.2. The van der Waals surface area contributed by atoms with Gasteiger partial charge in [0.1, 0.15) is 0 Å². The summed E-state index contributed by atoms with van der Waals surface area (Å²) in [6.07, 6.45) is 1.58. The molecular formula is C17H15ClF2N2O3S2. The zero-order valence-electron chi connectivity index (χ0n) is 13.8. The van der Waals surface area contributed by atoms with Crippen LogP contribution >= 0.6 is 23.4 Å². The zero-order chi connectivity index (χ0) is 19.6. The van der Waals surface area contributed by atoms with E-state index in [0.717, 1.165) is 12.8 Å². The third-order valence-corrected chi connectivity index (χ3v) is 6.53. The fourth-order valence-corrected chi connectivity index (χ4v) is 4.57. The standard InChI is InChI=1S/C17H15ClF2N2O3S2/c18-13-5-2-6-14(15(13)26-17(19)20)21-16(23)10-3-1-4-12(9-10)27(24,25)22-11-7-8-11/h1-6,9,11,17,22H,7-8H2,(H,21,23). The molecule has 1 amide bonds. The van der Waals surface area contributed by atoms with E-state index in [0.29, 0.717) is 0 Å². The fourth-order valence-electron chi connectivity index (χ4n) is 2.30. The molecule has 1 aliphatic carbocycles. The Morgan fingerprint density at radius 3 is 2.56 bits per heavy atom. The van der Waals surface area contributed by atoms with Crippen LogP contribution in [0.3, 0.4) is 0 Å². The molecule has 0 radical (unpaired) electrons. The maximum absolute atomic E-state index is 12.8. The molecule has 2 aromatic rings. The number of thioether (sulfide) groups is 1. The number of sulfonamides is 1. The van der Waals surface area contributed by atoms with Crippen LogP contribution in [-0.4, -0.2) is 26.1 Å². The summed E-state index contributed by atoms with van der Waals surface area (Å²) >= 11 is 6.17. The number of hydrogen-bond donors (Lipinski definition) is 2. The van der Waals surface area contributed by atoms with Crippen LogP contribution in [-0.2, 0) is 10.0 Å². The maximum atomic E-state index is 12.8. The minimum absolute atomic E-state index is 0.0321. The van der Waals surface area contributed by atoms with Gasteiger partial charge in [-0.2, -0.15) is 8.78 Å². The van der Waals surface area contributed by atoms with E-state index >= 15 is 0 Å². The lowest BCUT2D eigenvalue weighted by molar-refractivity contribution is 0.102. The second kappa shape index (κ2) is 8.14. The first kappa shape index (κ1) is 20.1. The summed E-state index contributed by atoms with van der Waals surface area (Å²) in [6, 6.07) is 9.87. The highest BCUT2D eigenvalue weighted by Crippen LogP contribution is 2.37. The van der Waals surface area contributed by atoms with Crippen LogP contribution in [0.15, 0.2) is 52.3 Å². The average molecular weight is 433 g/mol. The number of carbonyl (C=O) groups excluding carboxylic acids is 1. The van der Waals surface area contributed by atoms with E-state index in [1.165, 1.54) is 42.5 Å². The monoisotopic (exact) mass is 432 g/mol. The summed E-state index contributed by atoms with van der Waals surface area (Å²) in [6.45, 7) is 0. The van der Waals surface area contributed by atoms with Crippen molar-refractivity contribution in [2.24, 2.45) is 0 Å². The predicted molar refractivity (Wildman–Crippen MR) is 101 cm³/mol. The summed E-state index contributed by atoms with van der Waals surface area (Å²) in [5, 5.41) is 2.60. The van der Waals surface area contributed by atoms with Crippen LogP contribution < -0.4 is 10.0 Å². The van der Waals surface area contributed by atoms with Crippen molar-refractivity contribution < 1.29 is 22.0 Å². The van der Waals surface area contributed by atoms with Crippen molar-refractivity contribution in [3.8, 4) is 0 Å². The Balaban J connectivity index is 1.83. The molecule has 1 aliphatic rings. The molecule has 0 unspecified atom stereocenters.